The number of para-hydroxylation sites is 1. The second kappa shape index (κ2) is 3.95. The Labute approximate surface area is 111 Å². The van der Waals surface area contributed by atoms with Crippen LogP contribution in [0, 0.1) is 0 Å². The first-order valence-corrected chi connectivity index (χ1v) is 6.46. The van der Waals surface area contributed by atoms with Gasteiger partial charge in [-0.25, -0.2) is 4.79 Å². The summed E-state index contributed by atoms with van der Waals surface area (Å²) in [6, 6.07) is 6.75. The lowest BCUT2D eigenvalue weighted by molar-refractivity contribution is 0.0684. The van der Waals surface area contributed by atoms with Crippen LogP contribution in [0.25, 0.3) is 10.9 Å². The van der Waals surface area contributed by atoms with E-state index in [2.05, 4.69) is 15.9 Å². The van der Waals surface area contributed by atoms with E-state index in [1.54, 1.807) is 16.7 Å². The molecule has 18 heavy (non-hydrogen) atoms. The van der Waals surface area contributed by atoms with Crippen molar-refractivity contribution in [3.63, 3.8) is 0 Å². The Morgan fingerprint density at radius 2 is 2.11 bits per heavy atom. The molecule has 1 N–H and O–H groups in total. The number of benzene rings is 1. The van der Waals surface area contributed by atoms with Gasteiger partial charge in [-0.1, -0.05) is 6.07 Å². The number of carboxylic acid groups (broad SMARTS) is 1. The fourth-order valence-corrected chi connectivity index (χ4v) is 2.78. The maximum absolute atomic E-state index is 12.0. The molecule has 2 aromatic rings. The van der Waals surface area contributed by atoms with Crippen molar-refractivity contribution < 1.29 is 9.90 Å². The molecule has 0 amide bonds. The van der Waals surface area contributed by atoms with Gasteiger partial charge < -0.3 is 9.67 Å². The molecule has 0 unspecified atom stereocenters. The fraction of sp³-hybridized carbons (Fsp3) is 0.231. The van der Waals surface area contributed by atoms with E-state index in [0.29, 0.717) is 10.9 Å². The first kappa shape index (κ1) is 11.5. The molecular weight excluding hydrogens is 298 g/mol. The van der Waals surface area contributed by atoms with Crippen molar-refractivity contribution in [2.24, 2.45) is 0 Å². The third kappa shape index (κ3) is 1.66. The molecule has 0 atom stereocenters. The maximum Gasteiger partial charge on any atom is 0.352 e. The van der Waals surface area contributed by atoms with Gasteiger partial charge in [0.05, 0.1) is 5.52 Å². The molecule has 1 heterocycles. The Hall–Kier alpha value is -1.62. The molecule has 1 aromatic carbocycles. The lowest BCUT2D eigenvalue weighted by Crippen LogP contribution is -2.17. The number of rotatable bonds is 2. The molecule has 1 aromatic heterocycles. The van der Waals surface area contributed by atoms with Gasteiger partial charge in [-0.05, 0) is 40.9 Å². The summed E-state index contributed by atoms with van der Waals surface area (Å²) in [5.74, 6) is -1.06. The summed E-state index contributed by atoms with van der Waals surface area (Å²) in [5.41, 5.74) is 0.507. The number of fused-ring (bicyclic) bond motifs is 1. The summed E-state index contributed by atoms with van der Waals surface area (Å²) in [4.78, 5) is 23.2. The minimum Gasteiger partial charge on any atom is -0.477 e. The van der Waals surface area contributed by atoms with Crippen molar-refractivity contribution in [3.05, 3.63) is 44.7 Å². The Balaban J connectivity index is 2.51. The van der Waals surface area contributed by atoms with E-state index in [9.17, 15) is 14.7 Å². The van der Waals surface area contributed by atoms with Gasteiger partial charge in [0, 0.05) is 22.0 Å². The number of nitrogens with zero attached hydrogens (tertiary/aromatic N) is 1. The normalized spacial score (nSPS) is 14.9. The number of aromatic carboxylic acids is 1. The third-order valence-corrected chi connectivity index (χ3v) is 3.79. The average Bonchev–Trinajstić information content (AvgIpc) is 3.13. The van der Waals surface area contributed by atoms with Crippen LogP contribution < -0.4 is 5.43 Å². The van der Waals surface area contributed by atoms with Gasteiger partial charge in [0.1, 0.15) is 5.69 Å². The van der Waals surface area contributed by atoms with E-state index in [4.69, 9.17) is 0 Å². The van der Waals surface area contributed by atoms with E-state index in [1.807, 2.05) is 6.07 Å². The highest BCUT2D eigenvalue weighted by atomic mass is 79.9. The molecule has 3 rings (SSSR count). The van der Waals surface area contributed by atoms with Gasteiger partial charge in [0.2, 0.25) is 0 Å². The quantitative estimate of drug-likeness (QED) is 0.928. The van der Waals surface area contributed by atoms with Crippen molar-refractivity contribution in [3.8, 4) is 0 Å². The standard InChI is InChI=1S/C13H10BrNO3/c14-9-3-1-2-8-11(16)6-10(13(17)18)15(12(8)9)7-4-5-7/h1-3,6-7H,4-5H2,(H,17,18). The monoisotopic (exact) mass is 307 g/mol. The zero-order chi connectivity index (χ0) is 12.9. The predicted octanol–water partition coefficient (Wildman–Crippen LogP) is 2.80. The molecular formula is C13H10BrNO3. The third-order valence-electron chi connectivity index (χ3n) is 3.15. The van der Waals surface area contributed by atoms with Crippen LogP contribution in [-0.2, 0) is 0 Å². The van der Waals surface area contributed by atoms with Crippen molar-refractivity contribution in [2.75, 3.05) is 0 Å². The van der Waals surface area contributed by atoms with Crippen LogP contribution in [0.5, 0.6) is 0 Å². The van der Waals surface area contributed by atoms with Crippen LogP contribution in [-0.4, -0.2) is 15.6 Å². The number of aromatic nitrogens is 1. The second-order valence-electron chi connectivity index (χ2n) is 4.44. The molecule has 1 saturated carbocycles. The average molecular weight is 308 g/mol. The minimum atomic E-state index is -1.06. The molecule has 1 aliphatic rings. The molecule has 0 bridgehead atoms. The summed E-state index contributed by atoms with van der Waals surface area (Å²) in [5, 5.41) is 9.80. The SMILES string of the molecule is O=C(O)c1cc(=O)c2cccc(Br)c2n1C1CC1. The Morgan fingerprint density at radius 1 is 1.39 bits per heavy atom. The number of halogens is 1. The van der Waals surface area contributed by atoms with Crippen molar-refractivity contribution >= 4 is 32.8 Å². The molecule has 92 valence electrons. The Kier molecular flexibility index (Phi) is 2.52. The molecule has 0 spiro atoms. The zero-order valence-electron chi connectivity index (χ0n) is 9.39. The van der Waals surface area contributed by atoms with Crippen LogP contribution in [0.4, 0.5) is 0 Å². The number of carbonyl (C=O) groups is 1. The molecule has 5 heteroatoms. The topological polar surface area (TPSA) is 59.3 Å². The first-order valence-electron chi connectivity index (χ1n) is 5.66. The molecule has 1 fully saturated rings. The number of hydrogen-bond donors (Lipinski definition) is 1. The molecule has 4 nitrogen and oxygen atoms in total. The van der Waals surface area contributed by atoms with Gasteiger partial charge in [-0.2, -0.15) is 0 Å². The molecule has 1 aliphatic carbocycles. The highest BCUT2D eigenvalue weighted by Gasteiger charge is 2.29. The fourth-order valence-electron chi connectivity index (χ4n) is 2.23. The van der Waals surface area contributed by atoms with Crippen LogP contribution in [0.15, 0.2) is 33.5 Å². The van der Waals surface area contributed by atoms with Gasteiger partial charge in [-0.3, -0.25) is 4.79 Å². The van der Waals surface area contributed by atoms with Crippen LogP contribution >= 0.6 is 15.9 Å². The van der Waals surface area contributed by atoms with E-state index in [0.717, 1.165) is 17.3 Å². The summed E-state index contributed by atoms with van der Waals surface area (Å²) in [7, 11) is 0. The minimum absolute atomic E-state index is 0.0712. The number of hydrogen-bond acceptors (Lipinski definition) is 2. The molecule has 0 saturated heterocycles. The van der Waals surface area contributed by atoms with Gasteiger partial charge in [0.25, 0.3) is 0 Å². The zero-order valence-corrected chi connectivity index (χ0v) is 11.0. The van der Waals surface area contributed by atoms with E-state index < -0.39 is 5.97 Å². The van der Waals surface area contributed by atoms with Crippen molar-refractivity contribution in [1.82, 2.24) is 4.57 Å². The summed E-state index contributed by atoms with van der Waals surface area (Å²) in [6.45, 7) is 0. The number of pyridine rings is 1. The molecule has 0 radical (unpaired) electrons. The van der Waals surface area contributed by atoms with Crippen molar-refractivity contribution in [2.45, 2.75) is 18.9 Å². The van der Waals surface area contributed by atoms with Crippen LogP contribution in [0.1, 0.15) is 29.4 Å². The maximum atomic E-state index is 12.0. The highest BCUT2D eigenvalue weighted by Crippen LogP contribution is 2.39. The second-order valence-corrected chi connectivity index (χ2v) is 5.29. The Bertz CT molecular complexity index is 716. The van der Waals surface area contributed by atoms with Crippen LogP contribution in [0.2, 0.25) is 0 Å². The van der Waals surface area contributed by atoms with Crippen LogP contribution in [0.3, 0.4) is 0 Å². The van der Waals surface area contributed by atoms with E-state index in [1.165, 1.54) is 6.07 Å². The van der Waals surface area contributed by atoms with E-state index in [-0.39, 0.29) is 17.2 Å². The lowest BCUT2D eigenvalue weighted by Gasteiger charge is -2.14. The first-order chi connectivity index (χ1) is 8.59. The summed E-state index contributed by atoms with van der Waals surface area (Å²) < 4.78 is 2.52. The van der Waals surface area contributed by atoms with Gasteiger partial charge in [0.15, 0.2) is 5.43 Å². The summed E-state index contributed by atoms with van der Waals surface area (Å²) >= 11 is 3.41. The molecule has 0 aliphatic heterocycles. The highest BCUT2D eigenvalue weighted by molar-refractivity contribution is 9.10. The number of carboxylic acids is 1. The lowest BCUT2D eigenvalue weighted by atomic mass is 10.1. The van der Waals surface area contributed by atoms with E-state index >= 15 is 0 Å². The Morgan fingerprint density at radius 3 is 2.72 bits per heavy atom. The van der Waals surface area contributed by atoms with Gasteiger partial charge in [-0.15, -0.1) is 0 Å². The van der Waals surface area contributed by atoms with Crippen molar-refractivity contribution in [1.29, 1.82) is 0 Å². The summed E-state index contributed by atoms with van der Waals surface area (Å²) in [6.07, 6.45) is 1.92. The largest absolute Gasteiger partial charge is 0.477 e. The smallest absolute Gasteiger partial charge is 0.352 e. The van der Waals surface area contributed by atoms with Gasteiger partial charge >= 0.3 is 5.97 Å². The predicted molar refractivity (Wildman–Crippen MR) is 71.1 cm³/mol.